The van der Waals surface area contributed by atoms with Gasteiger partial charge in [0.25, 0.3) is 0 Å². The normalized spacial score (nSPS) is 9.73. The molecule has 0 heterocycles. The predicted molar refractivity (Wildman–Crippen MR) is 45.6 cm³/mol. The lowest BCUT2D eigenvalue weighted by molar-refractivity contribution is 0.614. The van der Waals surface area contributed by atoms with Crippen LogP contribution in [0.25, 0.3) is 0 Å². The molecule has 0 amide bonds. The number of rotatable bonds is 2. The van der Waals surface area contributed by atoms with Gasteiger partial charge in [0, 0.05) is 6.26 Å². The number of halogens is 2. The number of benzene rings is 1. The van der Waals surface area contributed by atoms with Gasteiger partial charge < -0.3 is 4.18 Å². The van der Waals surface area contributed by atoms with Gasteiger partial charge in [-0.25, -0.2) is 4.39 Å². The van der Waals surface area contributed by atoms with E-state index in [9.17, 15) is 4.39 Å². The first-order chi connectivity index (χ1) is 5.24. The Morgan fingerprint density at radius 2 is 2.27 bits per heavy atom. The van der Waals surface area contributed by atoms with Gasteiger partial charge in [0.1, 0.15) is 5.82 Å². The highest BCUT2D eigenvalue weighted by atomic mass is 35.5. The van der Waals surface area contributed by atoms with Crippen molar-refractivity contribution in [3.63, 3.8) is 0 Å². The second-order valence-electron chi connectivity index (χ2n) is 1.82. The average molecular weight is 193 g/mol. The maximum atomic E-state index is 12.4. The summed E-state index contributed by atoms with van der Waals surface area (Å²) in [4.78, 5) is 0. The van der Waals surface area contributed by atoms with Crippen molar-refractivity contribution in [1.29, 1.82) is 0 Å². The van der Waals surface area contributed by atoms with Crippen LogP contribution in [0.3, 0.4) is 0 Å². The largest absolute Gasteiger partial charge is 0.425 e. The van der Waals surface area contributed by atoms with Gasteiger partial charge in [0.15, 0.2) is 5.75 Å². The second-order valence-corrected chi connectivity index (χ2v) is 2.73. The van der Waals surface area contributed by atoms with Crippen molar-refractivity contribution in [3.05, 3.63) is 29.0 Å². The Bertz CT molecular complexity index is 254. The summed E-state index contributed by atoms with van der Waals surface area (Å²) in [6, 6.07) is 4.01. The summed E-state index contributed by atoms with van der Waals surface area (Å²) in [6.07, 6.45) is 1.76. The van der Waals surface area contributed by atoms with Crippen LogP contribution in [-0.2, 0) is 0 Å². The summed E-state index contributed by atoms with van der Waals surface area (Å²) < 4.78 is 17.5. The third kappa shape index (κ3) is 2.27. The van der Waals surface area contributed by atoms with Gasteiger partial charge in [-0.2, -0.15) is 0 Å². The standard InChI is InChI=1S/C7H6ClFOS/c1-11-10-7-3-2-5(9)4-6(7)8/h2-4H,1H3. The lowest BCUT2D eigenvalue weighted by atomic mass is 10.3. The summed E-state index contributed by atoms with van der Waals surface area (Å²) in [7, 11) is 0. The molecule has 0 aliphatic carbocycles. The van der Waals surface area contributed by atoms with Crippen LogP contribution in [0.15, 0.2) is 18.2 Å². The van der Waals surface area contributed by atoms with Crippen molar-refractivity contribution in [2.45, 2.75) is 0 Å². The first-order valence-corrected chi connectivity index (χ1v) is 4.42. The highest BCUT2D eigenvalue weighted by Crippen LogP contribution is 2.26. The molecule has 0 aliphatic heterocycles. The Balaban J connectivity index is 2.90. The number of hydrogen-bond donors (Lipinski definition) is 0. The van der Waals surface area contributed by atoms with Crippen LogP contribution in [-0.4, -0.2) is 6.26 Å². The van der Waals surface area contributed by atoms with Crippen LogP contribution in [0.1, 0.15) is 0 Å². The second kappa shape index (κ2) is 3.83. The fourth-order valence-corrected chi connectivity index (χ4v) is 1.21. The zero-order valence-corrected chi connectivity index (χ0v) is 7.38. The SMILES string of the molecule is CSOc1ccc(F)cc1Cl. The molecule has 1 aromatic rings. The maximum Gasteiger partial charge on any atom is 0.156 e. The monoisotopic (exact) mass is 192 g/mol. The molecule has 1 aromatic carbocycles. The Morgan fingerprint density at radius 3 is 2.82 bits per heavy atom. The molecule has 0 N–H and O–H groups in total. The molecule has 0 aliphatic rings. The van der Waals surface area contributed by atoms with E-state index in [0.717, 1.165) is 0 Å². The highest BCUT2D eigenvalue weighted by Gasteiger charge is 2.01. The van der Waals surface area contributed by atoms with E-state index in [0.29, 0.717) is 10.8 Å². The molecule has 0 bridgehead atoms. The molecule has 0 atom stereocenters. The van der Waals surface area contributed by atoms with E-state index in [2.05, 4.69) is 0 Å². The third-order valence-electron chi connectivity index (χ3n) is 1.07. The molecule has 11 heavy (non-hydrogen) atoms. The van der Waals surface area contributed by atoms with Crippen LogP contribution < -0.4 is 4.18 Å². The highest BCUT2D eigenvalue weighted by molar-refractivity contribution is 7.94. The summed E-state index contributed by atoms with van der Waals surface area (Å²) in [5.74, 6) is 0.129. The average Bonchev–Trinajstić information content (AvgIpc) is 1.95. The Kier molecular flexibility index (Phi) is 3.02. The van der Waals surface area contributed by atoms with Crippen molar-refractivity contribution in [1.82, 2.24) is 0 Å². The summed E-state index contributed by atoms with van der Waals surface area (Å²) in [5, 5.41) is 0.291. The summed E-state index contributed by atoms with van der Waals surface area (Å²) in [6.45, 7) is 0. The van der Waals surface area contributed by atoms with Gasteiger partial charge in [-0.1, -0.05) is 11.6 Å². The quantitative estimate of drug-likeness (QED) is 0.666. The zero-order valence-electron chi connectivity index (χ0n) is 5.80. The van der Waals surface area contributed by atoms with E-state index in [1.54, 1.807) is 6.26 Å². The molecule has 0 fully saturated rings. The van der Waals surface area contributed by atoms with Crippen LogP contribution in [0, 0.1) is 5.82 Å². The van der Waals surface area contributed by atoms with E-state index >= 15 is 0 Å². The first-order valence-electron chi connectivity index (χ1n) is 2.90. The third-order valence-corrected chi connectivity index (χ3v) is 1.71. The Labute approximate surface area is 73.7 Å². The smallest absolute Gasteiger partial charge is 0.156 e. The molecule has 1 nitrogen and oxygen atoms in total. The van der Waals surface area contributed by atoms with E-state index in [4.69, 9.17) is 15.8 Å². The Hall–Kier alpha value is -0.410. The molecular weight excluding hydrogens is 187 g/mol. The van der Waals surface area contributed by atoms with Crippen molar-refractivity contribution in [3.8, 4) is 5.75 Å². The molecule has 0 saturated heterocycles. The molecular formula is C7H6ClFOS. The molecule has 1 rings (SSSR count). The molecule has 0 saturated carbocycles. The van der Waals surface area contributed by atoms with Crippen molar-refractivity contribution in [2.24, 2.45) is 0 Å². The molecule has 0 unspecified atom stereocenters. The predicted octanol–water partition coefficient (Wildman–Crippen LogP) is 3.14. The van der Waals surface area contributed by atoms with E-state index in [1.165, 1.54) is 30.2 Å². The molecule has 4 heteroatoms. The lowest BCUT2D eigenvalue weighted by Gasteiger charge is -2.01. The minimum atomic E-state index is -0.358. The summed E-state index contributed by atoms with van der Waals surface area (Å²) in [5.41, 5.74) is 0. The van der Waals surface area contributed by atoms with Crippen LogP contribution in [0.5, 0.6) is 5.75 Å². The van der Waals surface area contributed by atoms with Gasteiger partial charge in [-0.3, -0.25) is 0 Å². The van der Waals surface area contributed by atoms with Gasteiger partial charge in [0.2, 0.25) is 0 Å². The first kappa shape index (κ1) is 8.68. The van der Waals surface area contributed by atoms with Gasteiger partial charge >= 0.3 is 0 Å². The zero-order chi connectivity index (χ0) is 8.27. The molecule has 0 radical (unpaired) electrons. The van der Waals surface area contributed by atoms with E-state index in [1.807, 2.05) is 0 Å². The van der Waals surface area contributed by atoms with Crippen molar-refractivity contribution < 1.29 is 8.57 Å². The fourth-order valence-electron chi connectivity index (χ4n) is 0.633. The van der Waals surface area contributed by atoms with Gasteiger partial charge in [0.05, 0.1) is 17.1 Å². The minimum Gasteiger partial charge on any atom is -0.425 e. The van der Waals surface area contributed by atoms with E-state index in [-0.39, 0.29) is 5.82 Å². The minimum absolute atomic E-state index is 0.291. The van der Waals surface area contributed by atoms with Gasteiger partial charge in [-0.05, 0) is 18.2 Å². The maximum absolute atomic E-state index is 12.4. The topological polar surface area (TPSA) is 9.23 Å². The van der Waals surface area contributed by atoms with Crippen molar-refractivity contribution in [2.75, 3.05) is 6.26 Å². The van der Waals surface area contributed by atoms with Gasteiger partial charge in [-0.15, -0.1) is 0 Å². The fraction of sp³-hybridized carbons (Fsp3) is 0.143. The lowest BCUT2D eigenvalue weighted by Crippen LogP contribution is -1.81. The van der Waals surface area contributed by atoms with Crippen LogP contribution >= 0.6 is 23.6 Å². The molecule has 60 valence electrons. The summed E-state index contributed by atoms with van der Waals surface area (Å²) >= 11 is 6.80. The number of hydrogen-bond acceptors (Lipinski definition) is 2. The van der Waals surface area contributed by atoms with Crippen LogP contribution in [0.4, 0.5) is 4.39 Å². The van der Waals surface area contributed by atoms with Crippen LogP contribution in [0.2, 0.25) is 5.02 Å². The molecule has 0 spiro atoms. The Morgan fingerprint density at radius 1 is 1.55 bits per heavy atom. The molecule has 0 aromatic heterocycles. The van der Waals surface area contributed by atoms with E-state index < -0.39 is 0 Å². The van der Waals surface area contributed by atoms with Crippen molar-refractivity contribution >= 4 is 23.6 Å².